The quantitative estimate of drug-likeness (QED) is 0.278. The molecule has 144 valence electrons. The van der Waals surface area contributed by atoms with Crippen LogP contribution in [0.3, 0.4) is 0 Å². The van der Waals surface area contributed by atoms with E-state index in [1.165, 1.54) is 13.8 Å². The van der Waals surface area contributed by atoms with Gasteiger partial charge >= 0.3 is 23.9 Å². The third-order valence-electron chi connectivity index (χ3n) is 2.47. The summed E-state index contributed by atoms with van der Waals surface area (Å²) in [6.07, 6.45) is -3.72. The Balaban J connectivity index is 5.26. The van der Waals surface area contributed by atoms with Crippen LogP contribution in [0.1, 0.15) is 13.8 Å². The molecule has 2 unspecified atom stereocenters. The second-order valence-electron chi connectivity index (χ2n) is 4.87. The lowest BCUT2D eigenvalue weighted by atomic mass is 10.0. The van der Waals surface area contributed by atoms with Gasteiger partial charge in [-0.05, 0) is 13.8 Å². The Morgan fingerprint density at radius 2 is 1.31 bits per heavy atom. The van der Waals surface area contributed by atoms with Crippen molar-refractivity contribution < 1.29 is 54.0 Å². The molecule has 11 nitrogen and oxygen atoms in total. The topological polar surface area (TPSA) is 166 Å². The summed E-state index contributed by atoms with van der Waals surface area (Å²) in [4.78, 5) is 62.0. The van der Waals surface area contributed by atoms with Crippen LogP contribution in [0.5, 0.6) is 0 Å². The molecule has 0 aliphatic carbocycles. The molecule has 2 atom stereocenters. The molecule has 3 N–H and O–H groups in total. The molecule has 0 radical (unpaired) electrons. The average molecular weight is 374 g/mol. The Bertz CT molecular complexity index is 632. The lowest BCUT2D eigenvalue weighted by Gasteiger charge is -2.17. The van der Waals surface area contributed by atoms with Gasteiger partial charge in [-0.25, -0.2) is 38.7 Å². The summed E-state index contributed by atoms with van der Waals surface area (Å²) < 4.78 is 0. The molecule has 0 amide bonds. The maximum atomic E-state index is 11.8. The van der Waals surface area contributed by atoms with E-state index in [9.17, 15) is 29.4 Å². The minimum Gasteiger partial charge on any atom is -0.394 e. The number of rotatable bonds is 7. The SMILES string of the molecule is C=C(C)C(=O)OOC(=O)/C=C(\C(=O)OOC(=O)C(=C)C)C(O)C(O)CO. The lowest BCUT2D eigenvalue weighted by molar-refractivity contribution is -0.254. The van der Waals surface area contributed by atoms with Crippen LogP contribution in [-0.4, -0.2) is 58.0 Å². The first-order valence-corrected chi connectivity index (χ1v) is 6.86. The molecule has 0 rings (SSSR count). The van der Waals surface area contributed by atoms with Crippen LogP contribution in [0, 0.1) is 0 Å². The number of hydrogen-bond acceptors (Lipinski definition) is 11. The molecule has 0 spiro atoms. The zero-order valence-electron chi connectivity index (χ0n) is 14.0. The van der Waals surface area contributed by atoms with Crippen LogP contribution < -0.4 is 0 Å². The van der Waals surface area contributed by atoms with E-state index in [4.69, 9.17) is 5.11 Å². The summed E-state index contributed by atoms with van der Waals surface area (Å²) in [5.74, 6) is -5.22. The van der Waals surface area contributed by atoms with Gasteiger partial charge in [0.15, 0.2) is 0 Å². The van der Waals surface area contributed by atoms with Crippen molar-refractivity contribution in [2.24, 2.45) is 0 Å². The van der Waals surface area contributed by atoms with Crippen molar-refractivity contribution in [1.29, 1.82) is 0 Å². The van der Waals surface area contributed by atoms with Crippen LogP contribution in [0.2, 0.25) is 0 Å². The highest BCUT2D eigenvalue weighted by molar-refractivity contribution is 5.98. The van der Waals surface area contributed by atoms with Gasteiger partial charge < -0.3 is 15.3 Å². The van der Waals surface area contributed by atoms with Gasteiger partial charge in [0.2, 0.25) is 0 Å². The van der Waals surface area contributed by atoms with Gasteiger partial charge in [0.25, 0.3) is 0 Å². The van der Waals surface area contributed by atoms with E-state index in [1.807, 2.05) is 0 Å². The summed E-state index contributed by atoms with van der Waals surface area (Å²) in [7, 11) is 0. The van der Waals surface area contributed by atoms with Gasteiger partial charge in [-0.15, -0.1) is 0 Å². The molecule has 0 saturated carbocycles. The van der Waals surface area contributed by atoms with Crippen LogP contribution >= 0.6 is 0 Å². The normalized spacial score (nSPS) is 13.0. The third-order valence-corrected chi connectivity index (χ3v) is 2.47. The standard InChI is InChI=1S/C15H18O11/c1-7(2)13(20)24-23-11(18)5-9(12(19)10(17)6-16)15(22)26-25-14(21)8(3)4/h5,10,12,16-17,19H,1,3,6H2,2,4H3/b9-5-. The Labute approximate surface area is 147 Å². The molecule has 11 heteroatoms. The number of aliphatic hydroxyl groups excluding tert-OH is 3. The van der Waals surface area contributed by atoms with Crippen molar-refractivity contribution in [3.05, 3.63) is 36.0 Å². The number of carbonyl (C=O) groups is 4. The van der Waals surface area contributed by atoms with Crippen LogP contribution in [0.15, 0.2) is 36.0 Å². The van der Waals surface area contributed by atoms with Crippen LogP contribution in [0.25, 0.3) is 0 Å². The monoisotopic (exact) mass is 374 g/mol. The molecule has 0 aromatic heterocycles. The van der Waals surface area contributed by atoms with Crippen LogP contribution in [0.4, 0.5) is 0 Å². The van der Waals surface area contributed by atoms with Crippen molar-refractivity contribution in [2.45, 2.75) is 26.1 Å². The maximum Gasteiger partial charge on any atom is 0.385 e. The van der Waals surface area contributed by atoms with Gasteiger partial charge in [-0.3, -0.25) is 0 Å². The Morgan fingerprint density at radius 3 is 1.73 bits per heavy atom. The van der Waals surface area contributed by atoms with Crippen LogP contribution in [-0.2, 0) is 38.7 Å². The van der Waals surface area contributed by atoms with Gasteiger partial charge in [0, 0.05) is 17.2 Å². The molecule has 0 bridgehead atoms. The summed E-state index contributed by atoms with van der Waals surface area (Å²) in [5.41, 5.74) is -1.17. The zero-order valence-corrected chi connectivity index (χ0v) is 14.0. The fourth-order valence-electron chi connectivity index (χ4n) is 1.07. The summed E-state index contributed by atoms with van der Waals surface area (Å²) in [6, 6.07) is 0. The summed E-state index contributed by atoms with van der Waals surface area (Å²) in [5, 5.41) is 28.0. The highest BCUT2D eigenvalue weighted by Gasteiger charge is 2.30. The minimum absolute atomic E-state index is 0.0937. The molecule has 26 heavy (non-hydrogen) atoms. The zero-order chi connectivity index (χ0) is 20.4. The lowest BCUT2D eigenvalue weighted by Crippen LogP contribution is -2.35. The molecular formula is C15H18O11. The van der Waals surface area contributed by atoms with Crippen molar-refractivity contribution in [1.82, 2.24) is 0 Å². The number of carbonyl (C=O) groups excluding carboxylic acids is 4. The molecule has 0 aliphatic heterocycles. The molecule has 0 aliphatic rings. The van der Waals surface area contributed by atoms with E-state index in [-0.39, 0.29) is 11.1 Å². The first-order chi connectivity index (χ1) is 12.0. The largest absolute Gasteiger partial charge is 0.394 e. The second-order valence-corrected chi connectivity index (χ2v) is 4.87. The number of hydrogen-bond donors (Lipinski definition) is 3. The van der Waals surface area contributed by atoms with E-state index >= 15 is 0 Å². The highest BCUT2D eigenvalue weighted by Crippen LogP contribution is 2.11. The molecule has 0 aromatic rings. The maximum absolute atomic E-state index is 11.8. The average Bonchev–Trinajstić information content (AvgIpc) is 2.59. The smallest absolute Gasteiger partial charge is 0.385 e. The van der Waals surface area contributed by atoms with Gasteiger partial charge in [0.1, 0.15) is 12.2 Å². The van der Waals surface area contributed by atoms with Gasteiger partial charge in [-0.1, -0.05) is 13.2 Å². The first kappa shape index (κ1) is 23.0. The van der Waals surface area contributed by atoms with Crippen molar-refractivity contribution in [2.75, 3.05) is 6.61 Å². The predicted molar refractivity (Wildman–Crippen MR) is 81.2 cm³/mol. The van der Waals surface area contributed by atoms with E-state index < -0.39 is 48.3 Å². The first-order valence-electron chi connectivity index (χ1n) is 6.86. The van der Waals surface area contributed by atoms with E-state index in [1.54, 1.807) is 0 Å². The second kappa shape index (κ2) is 10.8. The Hall–Kier alpha value is -3.02. The minimum atomic E-state index is -2.12. The van der Waals surface area contributed by atoms with Crippen molar-refractivity contribution >= 4 is 23.9 Å². The highest BCUT2D eigenvalue weighted by atomic mass is 17.2. The van der Waals surface area contributed by atoms with Gasteiger partial charge in [0.05, 0.1) is 12.2 Å². The number of aliphatic hydroxyl groups is 3. The predicted octanol–water partition coefficient (Wildman–Crippen LogP) is -1.22. The van der Waals surface area contributed by atoms with E-state index in [0.717, 1.165) is 0 Å². The third kappa shape index (κ3) is 7.70. The van der Waals surface area contributed by atoms with Crippen molar-refractivity contribution in [3.8, 4) is 0 Å². The Kier molecular flexibility index (Phi) is 9.51. The molecule has 0 aromatic carbocycles. The van der Waals surface area contributed by atoms with E-state index in [0.29, 0.717) is 6.08 Å². The Morgan fingerprint density at radius 1 is 0.885 bits per heavy atom. The fourth-order valence-corrected chi connectivity index (χ4v) is 1.07. The molecule has 0 fully saturated rings. The molecular weight excluding hydrogens is 356 g/mol. The molecule has 0 saturated heterocycles. The van der Waals surface area contributed by atoms with Crippen molar-refractivity contribution in [3.63, 3.8) is 0 Å². The fraction of sp³-hybridized carbons (Fsp3) is 0.333. The van der Waals surface area contributed by atoms with Gasteiger partial charge in [-0.2, -0.15) is 0 Å². The summed E-state index contributed by atoms with van der Waals surface area (Å²) >= 11 is 0. The van der Waals surface area contributed by atoms with E-state index in [2.05, 4.69) is 32.7 Å². The molecule has 0 heterocycles. The summed E-state index contributed by atoms with van der Waals surface area (Å²) in [6.45, 7) is 7.99.